The van der Waals surface area contributed by atoms with Crippen molar-refractivity contribution in [3.05, 3.63) is 53.6 Å². The number of aliphatic carboxylic acids is 1. The Hall–Kier alpha value is -3.22. The molecule has 0 heterocycles. The molecule has 28 heavy (non-hydrogen) atoms. The zero-order valence-electron chi connectivity index (χ0n) is 16.2. The fourth-order valence-corrected chi connectivity index (χ4v) is 2.85. The topological polar surface area (TPSA) is 94.1 Å². The van der Waals surface area contributed by atoms with Gasteiger partial charge in [0.15, 0.2) is 11.5 Å². The molecule has 0 radical (unpaired) electrons. The molecule has 0 fully saturated rings. The molecule has 0 aliphatic heterocycles. The van der Waals surface area contributed by atoms with Gasteiger partial charge in [-0.15, -0.1) is 0 Å². The second-order valence-electron chi connectivity index (χ2n) is 6.18. The van der Waals surface area contributed by atoms with E-state index in [-0.39, 0.29) is 18.7 Å². The number of aryl methyl sites for hydroxylation is 1. The summed E-state index contributed by atoms with van der Waals surface area (Å²) in [7, 11) is 4.61. The van der Waals surface area contributed by atoms with Gasteiger partial charge in [0, 0.05) is 6.42 Å². The maximum Gasteiger partial charge on any atom is 0.305 e. The van der Waals surface area contributed by atoms with Crippen LogP contribution in [0.3, 0.4) is 0 Å². The van der Waals surface area contributed by atoms with E-state index in [4.69, 9.17) is 14.2 Å². The van der Waals surface area contributed by atoms with E-state index in [0.717, 1.165) is 11.3 Å². The highest BCUT2D eigenvalue weighted by Gasteiger charge is 2.20. The lowest BCUT2D eigenvalue weighted by Gasteiger charge is -2.19. The second-order valence-corrected chi connectivity index (χ2v) is 6.18. The SMILES string of the molecule is COc1cccc(CCC(=O)NC(CC(=O)O)c2ccc(OC)c(OC)c2)c1. The fraction of sp³-hybridized carbons (Fsp3) is 0.333. The average Bonchev–Trinajstić information content (AvgIpc) is 2.71. The summed E-state index contributed by atoms with van der Waals surface area (Å²) in [6, 6.07) is 11.9. The number of carbonyl (C=O) groups is 2. The Kier molecular flexibility index (Phi) is 7.68. The summed E-state index contributed by atoms with van der Waals surface area (Å²) in [5.41, 5.74) is 1.60. The third-order valence-electron chi connectivity index (χ3n) is 4.30. The number of nitrogens with one attached hydrogen (secondary N) is 1. The predicted molar refractivity (Wildman–Crippen MR) is 104 cm³/mol. The molecule has 2 aromatic carbocycles. The van der Waals surface area contributed by atoms with Crippen LogP contribution in [0.5, 0.6) is 17.2 Å². The maximum absolute atomic E-state index is 12.4. The van der Waals surface area contributed by atoms with Crippen LogP contribution in [0, 0.1) is 0 Å². The lowest BCUT2D eigenvalue weighted by atomic mass is 10.0. The number of carboxylic acid groups (broad SMARTS) is 1. The molecule has 1 unspecified atom stereocenters. The minimum atomic E-state index is -1.01. The minimum absolute atomic E-state index is 0.233. The van der Waals surface area contributed by atoms with Gasteiger partial charge in [-0.2, -0.15) is 0 Å². The molecule has 1 atom stereocenters. The second kappa shape index (κ2) is 10.2. The van der Waals surface area contributed by atoms with Gasteiger partial charge in [0.1, 0.15) is 5.75 Å². The summed E-state index contributed by atoms with van der Waals surface area (Å²) in [6.07, 6.45) is 0.520. The van der Waals surface area contributed by atoms with Gasteiger partial charge >= 0.3 is 5.97 Å². The Labute approximate surface area is 164 Å². The van der Waals surface area contributed by atoms with Crippen LogP contribution in [0.2, 0.25) is 0 Å². The Morgan fingerprint density at radius 3 is 2.39 bits per heavy atom. The van der Waals surface area contributed by atoms with E-state index >= 15 is 0 Å². The van der Waals surface area contributed by atoms with Crippen LogP contribution in [0.15, 0.2) is 42.5 Å². The summed E-state index contributed by atoms with van der Waals surface area (Å²) >= 11 is 0. The number of hydrogen-bond donors (Lipinski definition) is 2. The molecule has 2 rings (SSSR count). The molecular formula is C21H25NO6. The lowest BCUT2D eigenvalue weighted by molar-refractivity contribution is -0.137. The van der Waals surface area contributed by atoms with Crippen LogP contribution in [0.1, 0.15) is 30.0 Å². The quantitative estimate of drug-likeness (QED) is 0.651. The number of carbonyl (C=O) groups excluding carboxylic acids is 1. The molecule has 0 aliphatic carbocycles. The van der Waals surface area contributed by atoms with Crippen molar-refractivity contribution in [1.82, 2.24) is 5.32 Å². The van der Waals surface area contributed by atoms with Gasteiger partial charge in [0.05, 0.1) is 33.8 Å². The van der Waals surface area contributed by atoms with Crippen molar-refractivity contribution >= 4 is 11.9 Å². The normalized spacial score (nSPS) is 11.4. The van der Waals surface area contributed by atoms with Gasteiger partial charge in [-0.05, 0) is 41.8 Å². The Morgan fingerprint density at radius 2 is 1.75 bits per heavy atom. The van der Waals surface area contributed by atoms with Crippen LogP contribution < -0.4 is 19.5 Å². The molecule has 0 bridgehead atoms. The molecule has 2 aromatic rings. The molecule has 0 saturated carbocycles. The summed E-state index contributed by atoms with van der Waals surface area (Å²) in [6.45, 7) is 0. The van der Waals surface area contributed by atoms with Crippen LogP contribution in [-0.2, 0) is 16.0 Å². The maximum atomic E-state index is 12.4. The van der Waals surface area contributed by atoms with Crippen molar-refractivity contribution in [3.63, 3.8) is 0 Å². The molecule has 0 aromatic heterocycles. The number of ether oxygens (including phenoxy) is 3. The van der Waals surface area contributed by atoms with E-state index in [1.165, 1.54) is 14.2 Å². The number of benzene rings is 2. The zero-order valence-corrected chi connectivity index (χ0v) is 16.2. The molecule has 7 nitrogen and oxygen atoms in total. The standard InChI is InChI=1S/C21H25NO6/c1-26-16-6-4-5-14(11-16)7-10-20(23)22-17(13-21(24)25)15-8-9-18(27-2)19(12-15)28-3/h4-6,8-9,11-12,17H,7,10,13H2,1-3H3,(H,22,23)(H,24,25). The van der Waals surface area contributed by atoms with Crippen molar-refractivity contribution in [1.29, 1.82) is 0 Å². The van der Waals surface area contributed by atoms with Crippen molar-refractivity contribution in [2.24, 2.45) is 0 Å². The average molecular weight is 387 g/mol. The fourth-order valence-electron chi connectivity index (χ4n) is 2.85. The van der Waals surface area contributed by atoms with Gasteiger partial charge in [-0.3, -0.25) is 9.59 Å². The monoisotopic (exact) mass is 387 g/mol. The smallest absolute Gasteiger partial charge is 0.305 e. The number of carboxylic acids is 1. The van der Waals surface area contributed by atoms with E-state index in [0.29, 0.717) is 23.5 Å². The van der Waals surface area contributed by atoms with Crippen LogP contribution in [0.4, 0.5) is 0 Å². The number of methoxy groups -OCH3 is 3. The van der Waals surface area contributed by atoms with E-state index in [9.17, 15) is 14.7 Å². The number of hydrogen-bond acceptors (Lipinski definition) is 5. The van der Waals surface area contributed by atoms with Crippen molar-refractivity contribution < 1.29 is 28.9 Å². The van der Waals surface area contributed by atoms with Gasteiger partial charge in [-0.25, -0.2) is 0 Å². The summed E-state index contributed by atoms with van der Waals surface area (Å²) in [5, 5.41) is 12.0. The molecule has 150 valence electrons. The molecule has 2 N–H and O–H groups in total. The van der Waals surface area contributed by atoms with Crippen molar-refractivity contribution in [3.8, 4) is 17.2 Å². The Balaban J connectivity index is 2.08. The van der Waals surface area contributed by atoms with Gasteiger partial charge < -0.3 is 24.6 Å². The highest BCUT2D eigenvalue weighted by molar-refractivity contribution is 5.78. The predicted octanol–water partition coefficient (Wildman–Crippen LogP) is 2.98. The third kappa shape index (κ3) is 5.90. The molecule has 0 spiro atoms. The first kappa shape index (κ1) is 21.1. The first-order valence-electron chi connectivity index (χ1n) is 8.82. The lowest BCUT2D eigenvalue weighted by Crippen LogP contribution is -2.30. The van der Waals surface area contributed by atoms with Crippen molar-refractivity contribution in [2.75, 3.05) is 21.3 Å². The van der Waals surface area contributed by atoms with Gasteiger partial charge in [0.2, 0.25) is 5.91 Å². The zero-order chi connectivity index (χ0) is 20.5. The highest BCUT2D eigenvalue weighted by Crippen LogP contribution is 2.31. The van der Waals surface area contributed by atoms with E-state index < -0.39 is 12.0 Å². The summed E-state index contributed by atoms with van der Waals surface area (Å²) in [4.78, 5) is 23.7. The first-order chi connectivity index (χ1) is 13.5. The summed E-state index contributed by atoms with van der Waals surface area (Å²) in [5.74, 6) is 0.495. The highest BCUT2D eigenvalue weighted by atomic mass is 16.5. The van der Waals surface area contributed by atoms with E-state index in [1.807, 2.05) is 24.3 Å². The molecule has 1 amide bonds. The van der Waals surface area contributed by atoms with E-state index in [2.05, 4.69) is 5.32 Å². The van der Waals surface area contributed by atoms with E-state index in [1.54, 1.807) is 25.3 Å². The minimum Gasteiger partial charge on any atom is -0.497 e. The third-order valence-corrected chi connectivity index (χ3v) is 4.30. The van der Waals surface area contributed by atoms with Crippen LogP contribution >= 0.6 is 0 Å². The first-order valence-corrected chi connectivity index (χ1v) is 8.82. The number of amides is 1. The van der Waals surface area contributed by atoms with Crippen molar-refractivity contribution in [2.45, 2.75) is 25.3 Å². The van der Waals surface area contributed by atoms with Gasteiger partial charge in [-0.1, -0.05) is 18.2 Å². The Morgan fingerprint density at radius 1 is 1.00 bits per heavy atom. The van der Waals surface area contributed by atoms with Gasteiger partial charge in [0.25, 0.3) is 0 Å². The molecule has 0 aliphatic rings. The summed E-state index contributed by atoms with van der Waals surface area (Å²) < 4.78 is 15.6. The Bertz CT molecular complexity index is 820. The van der Waals surface area contributed by atoms with Crippen LogP contribution in [0.25, 0.3) is 0 Å². The molecule has 7 heteroatoms. The molecule has 0 saturated heterocycles. The van der Waals surface area contributed by atoms with Crippen LogP contribution in [-0.4, -0.2) is 38.3 Å². The molecular weight excluding hydrogens is 362 g/mol. The number of rotatable bonds is 10. The largest absolute Gasteiger partial charge is 0.497 e.